The van der Waals surface area contributed by atoms with Gasteiger partial charge in [0.2, 0.25) is 0 Å². The van der Waals surface area contributed by atoms with Crippen LogP contribution in [-0.2, 0) is 0 Å². The Morgan fingerprint density at radius 2 is 1.97 bits per heavy atom. The van der Waals surface area contributed by atoms with E-state index in [9.17, 15) is 0 Å². The summed E-state index contributed by atoms with van der Waals surface area (Å²) in [6, 6.07) is 15.2. The van der Waals surface area contributed by atoms with Gasteiger partial charge < -0.3 is 9.47 Å². The number of amidine groups is 1. The summed E-state index contributed by atoms with van der Waals surface area (Å²) in [5, 5.41) is 1.92. The molecule has 4 heterocycles. The van der Waals surface area contributed by atoms with Crippen LogP contribution in [0.3, 0.4) is 0 Å². The first kappa shape index (κ1) is 20.7. The molecule has 2 aromatic heterocycles. The number of aryl methyl sites for hydroxylation is 2. The summed E-state index contributed by atoms with van der Waals surface area (Å²) in [5.74, 6) is 1.10. The molecule has 31 heavy (non-hydrogen) atoms. The van der Waals surface area contributed by atoms with Crippen molar-refractivity contribution in [1.29, 1.82) is 0 Å². The number of hydrogen-bond acceptors (Lipinski definition) is 4. The summed E-state index contributed by atoms with van der Waals surface area (Å²) < 4.78 is 2.34. The molecule has 3 aromatic rings. The van der Waals surface area contributed by atoms with Crippen molar-refractivity contribution in [2.45, 2.75) is 52.2 Å². The van der Waals surface area contributed by atoms with E-state index in [1.54, 1.807) is 0 Å². The molecule has 3 unspecified atom stereocenters. The van der Waals surface area contributed by atoms with Crippen LogP contribution >= 0.6 is 23.4 Å². The van der Waals surface area contributed by atoms with Gasteiger partial charge in [-0.05, 0) is 68.7 Å². The van der Waals surface area contributed by atoms with Gasteiger partial charge in [0.1, 0.15) is 6.04 Å². The van der Waals surface area contributed by atoms with E-state index in [0.717, 1.165) is 33.7 Å². The lowest BCUT2D eigenvalue weighted by Gasteiger charge is -2.32. The third kappa shape index (κ3) is 3.39. The highest BCUT2D eigenvalue weighted by Gasteiger charge is 2.46. The second-order valence-corrected chi connectivity index (χ2v) is 9.85. The largest absolute Gasteiger partial charge is 0.338 e. The number of aliphatic imine (C=N–C) groups is 1. The highest BCUT2D eigenvalue weighted by atomic mass is 35.5. The molecule has 2 aliphatic heterocycles. The maximum absolute atomic E-state index is 6.37. The molecule has 1 fully saturated rings. The number of aromatic nitrogens is 2. The molecule has 1 saturated heterocycles. The summed E-state index contributed by atoms with van der Waals surface area (Å²) in [7, 11) is 0. The zero-order valence-corrected chi connectivity index (χ0v) is 19.9. The Morgan fingerprint density at radius 1 is 1.13 bits per heavy atom. The minimum Gasteiger partial charge on any atom is -0.338 e. The molecule has 0 N–H and O–H groups in total. The highest BCUT2D eigenvalue weighted by molar-refractivity contribution is 8.14. The van der Waals surface area contributed by atoms with Gasteiger partial charge in [0.05, 0.1) is 11.7 Å². The van der Waals surface area contributed by atoms with Crippen LogP contribution in [0.5, 0.6) is 0 Å². The molecule has 4 nitrogen and oxygen atoms in total. The maximum Gasteiger partial charge on any atom is 0.160 e. The predicted octanol–water partition coefficient (Wildman–Crippen LogP) is 6.43. The quantitative estimate of drug-likeness (QED) is 0.459. The third-order valence-electron chi connectivity index (χ3n) is 6.53. The SMILES string of the molecule is CCC1CSC2=NC(c3ccccn3)C(c3cc(C)n(-c4cc(Cl)ccc4C)c3C)N21. The molecule has 0 bridgehead atoms. The van der Waals surface area contributed by atoms with Gasteiger partial charge in [0.25, 0.3) is 0 Å². The third-order valence-corrected chi connectivity index (χ3v) is 7.89. The van der Waals surface area contributed by atoms with Gasteiger partial charge in [-0.15, -0.1) is 0 Å². The van der Waals surface area contributed by atoms with Gasteiger partial charge in [-0.2, -0.15) is 0 Å². The van der Waals surface area contributed by atoms with Gasteiger partial charge in [-0.1, -0.05) is 42.4 Å². The smallest absolute Gasteiger partial charge is 0.160 e. The van der Waals surface area contributed by atoms with Crippen molar-refractivity contribution in [2.24, 2.45) is 4.99 Å². The number of rotatable bonds is 4. The van der Waals surface area contributed by atoms with Gasteiger partial charge in [-0.25, -0.2) is 0 Å². The standard InChI is InChI=1S/C25H27ClN4S/c1-5-19-14-31-25-28-23(21-8-6-7-11-27-21)24(30(19)25)20-12-16(3)29(17(20)4)22-13-18(26)10-9-15(22)2/h6-13,19,23-24H,5,14H2,1-4H3. The molecule has 6 heteroatoms. The number of hydrogen-bond donors (Lipinski definition) is 0. The van der Waals surface area contributed by atoms with Crippen LogP contribution in [0.1, 0.15) is 53.6 Å². The Kier molecular flexibility index (Phi) is 5.35. The molecule has 3 atom stereocenters. The average molecular weight is 451 g/mol. The van der Waals surface area contributed by atoms with Crippen molar-refractivity contribution in [2.75, 3.05) is 5.75 Å². The molecule has 0 aliphatic carbocycles. The van der Waals surface area contributed by atoms with Crippen molar-refractivity contribution in [3.63, 3.8) is 0 Å². The predicted molar refractivity (Wildman–Crippen MR) is 131 cm³/mol. The second kappa shape index (κ2) is 8.03. The van der Waals surface area contributed by atoms with E-state index in [2.05, 4.69) is 67.5 Å². The fraction of sp³-hybridized carbons (Fsp3) is 0.360. The Labute approximate surface area is 193 Å². The van der Waals surface area contributed by atoms with Crippen LogP contribution in [0.15, 0.2) is 53.7 Å². The summed E-state index contributed by atoms with van der Waals surface area (Å²) >= 11 is 8.25. The Bertz CT molecular complexity index is 1150. The molecule has 5 rings (SSSR count). The first-order chi connectivity index (χ1) is 15.0. The lowest BCUT2D eigenvalue weighted by molar-refractivity contribution is 0.254. The summed E-state index contributed by atoms with van der Waals surface area (Å²) in [6.45, 7) is 8.82. The molecule has 0 radical (unpaired) electrons. The molecule has 0 spiro atoms. The van der Waals surface area contributed by atoms with E-state index in [0.29, 0.717) is 6.04 Å². The Morgan fingerprint density at radius 3 is 2.71 bits per heavy atom. The van der Waals surface area contributed by atoms with Crippen LogP contribution in [0.2, 0.25) is 5.02 Å². The Balaban J connectivity index is 1.66. The van der Waals surface area contributed by atoms with Gasteiger partial charge in [0.15, 0.2) is 5.17 Å². The topological polar surface area (TPSA) is 33.4 Å². The monoisotopic (exact) mass is 450 g/mol. The van der Waals surface area contributed by atoms with Gasteiger partial charge in [-0.3, -0.25) is 9.98 Å². The van der Waals surface area contributed by atoms with Crippen molar-refractivity contribution in [3.05, 3.63) is 81.9 Å². The van der Waals surface area contributed by atoms with Gasteiger partial charge >= 0.3 is 0 Å². The number of nitrogens with zero attached hydrogens (tertiary/aromatic N) is 4. The number of halogens is 1. The van der Waals surface area contributed by atoms with Crippen LogP contribution in [0.4, 0.5) is 0 Å². The molecule has 160 valence electrons. The number of fused-ring (bicyclic) bond motifs is 1. The summed E-state index contributed by atoms with van der Waals surface area (Å²) in [4.78, 5) is 12.4. The molecule has 2 aliphatic rings. The van der Waals surface area contributed by atoms with E-state index < -0.39 is 0 Å². The minimum atomic E-state index is 0.00691. The fourth-order valence-corrected chi connectivity index (χ4v) is 6.47. The zero-order chi connectivity index (χ0) is 21.7. The van der Waals surface area contributed by atoms with Crippen LogP contribution in [-0.4, -0.2) is 31.4 Å². The van der Waals surface area contributed by atoms with Crippen molar-refractivity contribution in [1.82, 2.24) is 14.5 Å². The first-order valence-corrected chi connectivity index (χ1v) is 12.2. The lowest BCUT2D eigenvalue weighted by Crippen LogP contribution is -2.35. The van der Waals surface area contributed by atoms with Crippen LogP contribution < -0.4 is 0 Å². The molecular weight excluding hydrogens is 424 g/mol. The first-order valence-electron chi connectivity index (χ1n) is 10.8. The highest BCUT2D eigenvalue weighted by Crippen LogP contribution is 2.49. The molecule has 1 aromatic carbocycles. The summed E-state index contributed by atoms with van der Waals surface area (Å²) in [6.07, 6.45) is 2.99. The van der Waals surface area contributed by atoms with E-state index in [1.807, 2.05) is 30.1 Å². The molecular formula is C25H27ClN4S. The van der Waals surface area contributed by atoms with E-state index >= 15 is 0 Å². The van der Waals surface area contributed by atoms with E-state index in [-0.39, 0.29) is 12.1 Å². The maximum atomic E-state index is 6.37. The number of pyridine rings is 1. The van der Waals surface area contributed by atoms with Crippen molar-refractivity contribution < 1.29 is 0 Å². The molecule has 0 saturated carbocycles. The van der Waals surface area contributed by atoms with Crippen LogP contribution in [0.25, 0.3) is 5.69 Å². The zero-order valence-electron chi connectivity index (χ0n) is 18.3. The number of thioether (sulfide) groups is 1. The van der Waals surface area contributed by atoms with E-state index in [4.69, 9.17) is 21.6 Å². The van der Waals surface area contributed by atoms with Crippen LogP contribution in [0, 0.1) is 20.8 Å². The molecule has 0 amide bonds. The second-order valence-electron chi connectivity index (χ2n) is 8.43. The van der Waals surface area contributed by atoms with E-state index in [1.165, 1.54) is 22.5 Å². The minimum absolute atomic E-state index is 0.00691. The summed E-state index contributed by atoms with van der Waals surface area (Å²) in [5.41, 5.74) is 7.18. The fourth-order valence-electron chi connectivity index (χ4n) is 4.97. The van der Waals surface area contributed by atoms with Crippen molar-refractivity contribution >= 4 is 28.5 Å². The average Bonchev–Trinajstić information content (AvgIpc) is 3.42. The van der Waals surface area contributed by atoms with Gasteiger partial charge in [0, 0.05) is 40.1 Å². The normalized spacial score (nSPS) is 22.7. The number of benzene rings is 1. The van der Waals surface area contributed by atoms with Crippen molar-refractivity contribution in [3.8, 4) is 5.69 Å². The Hall–Kier alpha value is -2.24. The lowest BCUT2D eigenvalue weighted by atomic mass is 9.95.